The van der Waals surface area contributed by atoms with Crippen LogP contribution in [-0.2, 0) is 4.79 Å². The molecule has 0 atom stereocenters. The van der Waals surface area contributed by atoms with Gasteiger partial charge in [0.15, 0.2) is 6.61 Å². The van der Waals surface area contributed by atoms with Crippen LogP contribution < -0.4 is 9.47 Å². The molecule has 0 amide bonds. The molecule has 0 aliphatic carbocycles. The van der Waals surface area contributed by atoms with Gasteiger partial charge in [-0.05, 0) is 36.4 Å². The lowest BCUT2D eigenvalue weighted by Crippen LogP contribution is -2.09. The zero-order valence-electron chi connectivity index (χ0n) is 11.5. The summed E-state index contributed by atoms with van der Waals surface area (Å²) in [5, 5.41) is 8.55. The number of benzene rings is 2. The van der Waals surface area contributed by atoms with Gasteiger partial charge in [-0.1, -0.05) is 12.1 Å². The van der Waals surface area contributed by atoms with E-state index in [1.165, 1.54) is 0 Å². The van der Waals surface area contributed by atoms with Gasteiger partial charge in [-0.25, -0.2) is 14.8 Å². The van der Waals surface area contributed by atoms with Gasteiger partial charge in [-0.15, -0.1) is 0 Å². The van der Waals surface area contributed by atoms with E-state index in [1.807, 2.05) is 24.3 Å². The van der Waals surface area contributed by atoms with Crippen molar-refractivity contribution < 1.29 is 19.4 Å². The van der Waals surface area contributed by atoms with Gasteiger partial charge in [0, 0.05) is 0 Å². The van der Waals surface area contributed by atoms with Crippen LogP contribution in [0.2, 0.25) is 0 Å². The summed E-state index contributed by atoms with van der Waals surface area (Å²) < 4.78 is 10.7. The summed E-state index contributed by atoms with van der Waals surface area (Å²) in [7, 11) is 0. The molecule has 22 heavy (non-hydrogen) atoms. The summed E-state index contributed by atoms with van der Waals surface area (Å²) in [6.45, 7) is -0.379. The van der Waals surface area contributed by atoms with Gasteiger partial charge in [0.25, 0.3) is 0 Å². The van der Waals surface area contributed by atoms with Crippen LogP contribution in [0.4, 0.5) is 0 Å². The fourth-order valence-electron chi connectivity index (χ4n) is 1.86. The molecule has 1 N–H and O–H groups in total. The van der Waals surface area contributed by atoms with E-state index in [9.17, 15) is 4.79 Å². The lowest BCUT2D eigenvalue weighted by Gasteiger charge is -2.07. The Hall–Kier alpha value is -3.15. The second-order valence-electron chi connectivity index (χ2n) is 4.45. The number of aromatic nitrogens is 2. The van der Waals surface area contributed by atoms with E-state index in [4.69, 9.17) is 14.6 Å². The van der Waals surface area contributed by atoms with Crippen molar-refractivity contribution in [3.63, 3.8) is 0 Å². The number of rotatable bonds is 5. The van der Waals surface area contributed by atoms with Gasteiger partial charge in [-0.2, -0.15) is 0 Å². The zero-order valence-corrected chi connectivity index (χ0v) is 11.5. The summed E-state index contributed by atoms with van der Waals surface area (Å²) in [5.74, 6) is 0.385. The van der Waals surface area contributed by atoms with Crippen LogP contribution in [0, 0.1) is 0 Å². The van der Waals surface area contributed by atoms with Crippen LogP contribution in [0.3, 0.4) is 0 Å². The number of fused-ring (bicyclic) bond motifs is 1. The number of aliphatic carboxylic acids is 1. The highest BCUT2D eigenvalue weighted by Crippen LogP contribution is 2.23. The number of carbonyl (C=O) groups is 1. The molecule has 0 fully saturated rings. The van der Waals surface area contributed by atoms with Gasteiger partial charge in [0.05, 0.1) is 17.2 Å². The Balaban J connectivity index is 1.72. The van der Waals surface area contributed by atoms with Crippen molar-refractivity contribution in [1.82, 2.24) is 9.97 Å². The van der Waals surface area contributed by atoms with Crippen LogP contribution in [0.25, 0.3) is 11.0 Å². The first-order valence-electron chi connectivity index (χ1n) is 6.55. The topological polar surface area (TPSA) is 81.5 Å². The molecule has 1 aromatic heterocycles. The van der Waals surface area contributed by atoms with Crippen LogP contribution in [0.15, 0.2) is 54.7 Å². The van der Waals surface area contributed by atoms with Gasteiger partial charge in [0.1, 0.15) is 11.5 Å². The summed E-state index contributed by atoms with van der Waals surface area (Å²) in [6.07, 6.45) is 1.55. The molecule has 0 aliphatic heterocycles. The lowest BCUT2D eigenvalue weighted by atomic mass is 10.3. The van der Waals surface area contributed by atoms with Crippen LogP contribution in [0.5, 0.6) is 17.4 Å². The number of hydrogen-bond donors (Lipinski definition) is 1. The van der Waals surface area contributed by atoms with E-state index in [-0.39, 0.29) is 6.61 Å². The lowest BCUT2D eigenvalue weighted by molar-refractivity contribution is -0.139. The third-order valence-electron chi connectivity index (χ3n) is 2.83. The number of nitrogens with zero attached hydrogens (tertiary/aromatic N) is 2. The average Bonchev–Trinajstić information content (AvgIpc) is 2.54. The van der Waals surface area contributed by atoms with Crippen molar-refractivity contribution in [3.8, 4) is 17.4 Å². The maximum Gasteiger partial charge on any atom is 0.341 e. The number of para-hydroxylation sites is 2. The van der Waals surface area contributed by atoms with Crippen LogP contribution in [0.1, 0.15) is 0 Å². The smallest absolute Gasteiger partial charge is 0.341 e. The van der Waals surface area contributed by atoms with E-state index in [1.54, 1.807) is 30.5 Å². The van der Waals surface area contributed by atoms with Crippen LogP contribution >= 0.6 is 0 Å². The summed E-state index contributed by atoms with van der Waals surface area (Å²) in [4.78, 5) is 19.0. The number of hydrogen-bond acceptors (Lipinski definition) is 5. The van der Waals surface area contributed by atoms with Crippen LogP contribution in [-0.4, -0.2) is 27.7 Å². The molecule has 3 rings (SSSR count). The predicted octanol–water partition coefficient (Wildman–Crippen LogP) is 2.89. The Labute approximate surface area is 126 Å². The minimum absolute atomic E-state index is 0.379. The Morgan fingerprint density at radius 3 is 2.41 bits per heavy atom. The fourth-order valence-corrected chi connectivity index (χ4v) is 1.86. The molecule has 0 radical (unpaired) electrons. The van der Waals surface area contributed by atoms with Crippen molar-refractivity contribution in [2.45, 2.75) is 0 Å². The van der Waals surface area contributed by atoms with Gasteiger partial charge in [-0.3, -0.25) is 0 Å². The van der Waals surface area contributed by atoms with E-state index in [0.29, 0.717) is 17.4 Å². The highest BCUT2D eigenvalue weighted by atomic mass is 16.5. The Morgan fingerprint density at radius 1 is 1.00 bits per heavy atom. The number of carboxylic acid groups (broad SMARTS) is 1. The first-order valence-corrected chi connectivity index (χ1v) is 6.55. The molecule has 1 heterocycles. The Kier molecular flexibility index (Phi) is 3.82. The Morgan fingerprint density at radius 2 is 1.68 bits per heavy atom. The molecule has 110 valence electrons. The fraction of sp³-hybridized carbons (Fsp3) is 0.0625. The largest absolute Gasteiger partial charge is 0.482 e. The monoisotopic (exact) mass is 296 g/mol. The van der Waals surface area contributed by atoms with Crippen molar-refractivity contribution in [2.24, 2.45) is 0 Å². The number of ether oxygens (including phenoxy) is 2. The first kappa shape index (κ1) is 13.8. The maximum atomic E-state index is 10.4. The molecule has 0 unspecified atom stereocenters. The molecular formula is C16H12N2O4. The average molecular weight is 296 g/mol. The minimum atomic E-state index is -1.02. The predicted molar refractivity (Wildman–Crippen MR) is 79.2 cm³/mol. The minimum Gasteiger partial charge on any atom is -0.482 e. The molecule has 0 aliphatic rings. The quantitative estimate of drug-likeness (QED) is 0.779. The van der Waals surface area contributed by atoms with Crippen molar-refractivity contribution >= 4 is 17.0 Å². The summed E-state index contributed by atoms with van der Waals surface area (Å²) in [6, 6.07) is 14.1. The highest BCUT2D eigenvalue weighted by Gasteiger charge is 2.03. The molecule has 6 nitrogen and oxygen atoms in total. The third kappa shape index (κ3) is 3.29. The van der Waals surface area contributed by atoms with Crippen molar-refractivity contribution in [3.05, 3.63) is 54.7 Å². The van der Waals surface area contributed by atoms with Crippen molar-refractivity contribution in [2.75, 3.05) is 6.61 Å². The maximum absolute atomic E-state index is 10.4. The molecule has 3 aromatic rings. The summed E-state index contributed by atoms with van der Waals surface area (Å²) in [5.41, 5.74) is 1.55. The van der Waals surface area contributed by atoms with E-state index < -0.39 is 5.97 Å². The molecule has 0 saturated heterocycles. The molecule has 6 heteroatoms. The second kappa shape index (κ2) is 6.09. The van der Waals surface area contributed by atoms with Gasteiger partial charge >= 0.3 is 5.97 Å². The molecule has 0 spiro atoms. The number of carboxylic acids is 1. The Bertz CT molecular complexity index is 803. The molecule has 2 aromatic carbocycles. The first-order chi connectivity index (χ1) is 10.7. The van der Waals surface area contributed by atoms with E-state index in [2.05, 4.69) is 9.97 Å². The second-order valence-corrected chi connectivity index (χ2v) is 4.45. The van der Waals surface area contributed by atoms with Gasteiger partial charge < -0.3 is 14.6 Å². The normalized spacial score (nSPS) is 10.4. The zero-order chi connectivity index (χ0) is 15.4. The van der Waals surface area contributed by atoms with Crippen molar-refractivity contribution in [1.29, 1.82) is 0 Å². The SMILES string of the molecule is O=C(O)COc1ccc(Oc2cnc3ccccc3n2)cc1. The molecular weight excluding hydrogens is 284 g/mol. The van der Waals surface area contributed by atoms with Gasteiger partial charge in [0.2, 0.25) is 5.88 Å². The molecule has 0 saturated carbocycles. The van der Waals surface area contributed by atoms with E-state index >= 15 is 0 Å². The van der Waals surface area contributed by atoms with E-state index in [0.717, 1.165) is 11.0 Å². The third-order valence-corrected chi connectivity index (χ3v) is 2.83. The summed E-state index contributed by atoms with van der Waals surface area (Å²) >= 11 is 0. The molecule has 0 bridgehead atoms. The highest BCUT2D eigenvalue weighted by molar-refractivity contribution is 5.74. The standard InChI is InChI=1S/C16H12N2O4/c19-16(20)10-21-11-5-7-12(8-6-11)22-15-9-17-13-3-1-2-4-14(13)18-15/h1-9H,10H2,(H,19,20).